The molecular formula is C26H19NO6. The van der Waals surface area contributed by atoms with Gasteiger partial charge >= 0.3 is 0 Å². The average molecular weight is 441 g/mol. The van der Waals surface area contributed by atoms with E-state index in [1.807, 2.05) is 42.5 Å². The maximum absolute atomic E-state index is 13.6. The van der Waals surface area contributed by atoms with Crippen LogP contribution >= 0.6 is 0 Å². The first-order valence-corrected chi connectivity index (χ1v) is 10.5. The van der Waals surface area contributed by atoms with E-state index in [0.29, 0.717) is 33.8 Å². The van der Waals surface area contributed by atoms with Crippen LogP contribution in [0.3, 0.4) is 0 Å². The van der Waals surface area contributed by atoms with Gasteiger partial charge in [-0.2, -0.15) is 0 Å². The zero-order valence-corrected chi connectivity index (χ0v) is 17.7. The van der Waals surface area contributed by atoms with Gasteiger partial charge in [0, 0.05) is 6.54 Å². The standard InChI is InChI=1S/C26H19NO6/c1-30-17-6-4-5-16(12-17)23-22-24(28)18-7-2-3-8-19(18)33-25(22)26(29)27(23)13-15-9-10-20-21(11-15)32-14-31-20/h2-12,23H,13-14H2,1H3. The van der Waals surface area contributed by atoms with E-state index < -0.39 is 6.04 Å². The van der Waals surface area contributed by atoms with E-state index in [-0.39, 0.29) is 30.4 Å². The molecule has 1 atom stereocenters. The summed E-state index contributed by atoms with van der Waals surface area (Å²) < 4.78 is 22.3. The first-order valence-electron chi connectivity index (χ1n) is 10.5. The van der Waals surface area contributed by atoms with Crippen LogP contribution in [0.1, 0.15) is 33.3 Å². The van der Waals surface area contributed by atoms with Crippen LogP contribution < -0.4 is 19.6 Å². The fraction of sp³-hybridized carbons (Fsp3) is 0.154. The van der Waals surface area contributed by atoms with Crippen LogP contribution in [0.4, 0.5) is 0 Å². The van der Waals surface area contributed by atoms with Crippen LogP contribution in [0, 0.1) is 0 Å². The first-order chi connectivity index (χ1) is 16.1. The van der Waals surface area contributed by atoms with Crippen LogP contribution in [0.25, 0.3) is 11.0 Å². The molecule has 0 N–H and O–H groups in total. The average Bonchev–Trinajstić information content (AvgIpc) is 3.42. The minimum atomic E-state index is -0.617. The van der Waals surface area contributed by atoms with Gasteiger partial charge in [0.05, 0.1) is 24.1 Å². The minimum Gasteiger partial charge on any atom is -0.497 e. The number of nitrogens with zero attached hydrogens (tertiary/aromatic N) is 1. The highest BCUT2D eigenvalue weighted by molar-refractivity contribution is 5.99. The molecule has 4 aromatic rings. The molecule has 0 fully saturated rings. The van der Waals surface area contributed by atoms with Crippen LogP contribution in [0.5, 0.6) is 17.2 Å². The molecule has 1 unspecified atom stereocenters. The Balaban J connectivity index is 1.52. The van der Waals surface area contributed by atoms with Gasteiger partial charge in [0.25, 0.3) is 5.91 Å². The molecular weight excluding hydrogens is 422 g/mol. The van der Waals surface area contributed by atoms with Gasteiger partial charge < -0.3 is 23.5 Å². The highest BCUT2D eigenvalue weighted by Gasteiger charge is 2.43. The Morgan fingerprint density at radius 2 is 1.82 bits per heavy atom. The largest absolute Gasteiger partial charge is 0.497 e. The van der Waals surface area contributed by atoms with Crippen molar-refractivity contribution in [1.29, 1.82) is 0 Å². The first kappa shape index (κ1) is 19.4. The maximum atomic E-state index is 13.6. The smallest absolute Gasteiger partial charge is 0.291 e. The van der Waals surface area contributed by atoms with Crippen molar-refractivity contribution in [3.63, 3.8) is 0 Å². The van der Waals surface area contributed by atoms with Crippen molar-refractivity contribution in [2.75, 3.05) is 13.9 Å². The van der Waals surface area contributed by atoms with Gasteiger partial charge in [-0.05, 0) is 47.5 Å². The van der Waals surface area contributed by atoms with Crippen molar-refractivity contribution in [2.24, 2.45) is 0 Å². The van der Waals surface area contributed by atoms with Crippen molar-refractivity contribution in [3.8, 4) is 17.2 Å². The number of ether oxygens (including phenoxy) is 3. The summed E-state index contributed by atoms with van der Waals surface area (Å²) >= 11 is 0. The Morgan fingerprint density at radius 3 is 2.70 bits per heavy atom. The Morgan fingerprint density at radius 1 is 0.970 bits per heavy atom. The quantitative estimate of drug-likeness (QED) is 0.471. The Labute approximate surface area is 188 Å². The Bertz CT molecular complexity index is 1470. The number of carbonyl (C=O) groups is 1. The topological polar surface area (TPSA) is 78.2 Å². The van der Waals surface area contributed by atoms with Gasteiger partial charge in [-0.15, -0.1) is 0 Å². The molecule has 3 heterocycles. The summed E-state index contributed by atoms with van der Waals surface area (Å²) in [4.78, 5) is 28.8. The molecule has 0 aliphatic carbocycles. The van der Waals surface area contributed by atoms with Crippen molar-refractivity contribution in [3.05, 3.63) is 99.4 Å². The minimum absolute atomic E-state index is 0.0762. The lowest BCUT2D eigenvalue weighted by atomic mass is 9.98. The summed E-state index contributed by atoms with van der Waals surface area (Å²) in [5.74, 6) is 1.68. The third kappa shape index (κ3) is 3.04. The van der Waals surface area contributed by atoms with Crippen LogP contribution in [0.2, 0.25) is 0 Å². The number of benzene rings is 3. The predicted octanol–water partition coefficient (Wildman–Crippen LogP) is 4.28. The molecule has 1 aromatic heterocycles. The van der Waals surface area contributed by atoms with E-state index in [2.05, 4.69) is 0 Å². The lowest BCUT2D eigenvalue weighted by Crippen LogP contribution is -2.29. The molecule has 1 amide bonds. The number of fused-ring (bicyclic) bond motifs is 3. The molecule has 3 aromatic carbocycles. The number of methoxy groups -OCH3 is 1. The summed E-state index contributed by atoms with van der Waals surface area (Å²) in [6.07, 6.45) is 0. The highest BCUT2D eigenvalue weighted by atomic mass is 16.7. The third-order valence-corrected chi connectivity index (χ3v) is 6.07. The summed E-state index contributed by atoms with van der Waals surface area (Å²) in [7, 11) is 1.58. The molecule has 2 aliphatic heterocycles. The normalized spacial score (nSPS) is 16.3. The van der Waals surface area contributed by atoms with Crippen molar-refractivity contribution < 1.29 is 23.4 Å². The van der Waals surface area contributed by atoms with Gasteiger partial charge in [-0.3, -0.25) is 9.59 Å². The molecule has 0 spiro atoms. The molecule has 7 nitrogen and oxygen atoms in total. The predicted molar refractivity (Wildman–Crippen MR) is 120 cm³/mol. The summed E-state index contributed by atoms with van der Waals surface area (Å²) in [5.41, 5.74) is 2.15. The van der Waals surface area contributed by atoms with Crippen molar-refractivity contribution in [1.82, 2.24) is 4.90 Å². The van der Waals surface area contributed by atoms with E-state index in [1.165, 1.54) is 0 Å². The van der Waals surface area contributed by atoms with E-state index in [4.69, 9.17) is 18.6 Å². The van der Waals surface area contributed by atoms with E-state index in [1.54, 1.807) is 36.3 Å². The fourth-order valence-corrected chi connectivity index (χ4v) is 4.52. The van der Waals surface area contributed by atoms with Gasteiger partial charge in [-0.1, -0.05) is 30.3 Å². The van der Waals surface area contributed by atoms with E-state index in [0.717, 1.165) is 11.1 Å². The SMILES string of the molecule is COc1cccc(C2c3c(oc4ccccc4c3=O)C(=O)N2Cc2ccc3c(c2)OCO3)c1. The molecule has 0 bridgehead atoms. The van der Waals surface area contributed by atoms with Gasteiger partial charge in [0.2, 0.25) is 12.6 Å². The number of rotatable bonds is 4. The highest BCUT2D eigenvalue weighted by Crippen LogP contribution is 2.41. The lowest BCUT2D eigenvalue weighted by molar-refractivity contribution is 0.0714. The summed E-state index contributed by atoms with van der Waals surface area (Å²) in [5, 5.41) is 0.446. The molecule has 6 rings (SSSR count). The van der Waals surface area contributed by atoms with E-state index >= 15 is 0 Å². The second-order valence-corrected chi connectivity index (χ2v) is 7.97. The maximum Gasteiger partial charge on any atom is 0.291 e. The Kier molecular flexibility index (Phi) is 4.36. The second-order valence-electron chi connectivity index (χ2n) is 7.97. The molecule has 0 saturated heterocycles. The zero-order valence-electron chi connectivity index (χ0n) is 17.7. The number of hydrogen-bond acceptors (Lipinski definition) is 6. The van der Waals surface area contributed by atoms with E-state index in [9.17, 15) is 9.59 Å². The summed E-state index contributed by atoms with van der Waals surface area (Å²) in [6, 6.07) is 19.3. The van der Waals surface area contributed by atoms with Crippen LogP contribution in [-0.2, 0) is 6.54 Å². The number of carbonyl (C=O) groups excluding carboxylic acids is 1. The van der Waals surface area contributed by atoms with Crippen LogP contribution in [-0.4, -0.2) is 24.7 Å². The number of para-hydroxylation sites is 1. The molecule has 0 saturated carbocycles. The number of amides is 1. The number of hydrogen-bond donors (Lipinski definition) is 0. The third-order valence-electron chi connectivity index (χ3n) is 6.07. The zero-order chi connectivity index (χ0) is 22.5. The second kappa shape index (κ2) is 7.41. The Hall–Kier alpha value is -4.26. The van der Waals surface area contributed by atoms with Crippen molar-refractivity contribution in [2.45, 2.75) is 12.6 Å². The molecule has 33 heavy (non-hydrogen) atoms. The molecule has 164 valence electrons. The van der Waals surface area contributed by atoms with Gasteiger partial charge in [0.15, 0.2) is 16.9 Å². The van der Waals surface area contributed by atoms with Crippen molar-refractivity contribution >= 4 is 16.9 Å². The molecule has 7 heteroatoms. The fourth-order valence-electron chi connectivity index (χ4n) is 4.52. The molecule has 2 aliphatic rings. The van der Waals surface area contributed by atoms with Gasteiger partial charge in [0.1, 0.15) is 11.3 Å². The monoisotopic (exact) mass is 441 g/mol. The van der Waals surface area contributed by atoms with Gasteiger partial charge in [-0.25, -0.2) is 0 Å². The van der Waals surface area contributed by atoms with Crippen LogP contribution in [0.15, 0.2) is 75.9 Å². The summed E-state index contributed by atoms with van der Waals surface area (Å²) in [6.45, 7) is 0.432. The molecule has 0 radical (unpaired) electrons. The lowest BCUT2D eigenvalue weighted by Gasteiger charge is -2.25.